The maximum absolute atomic E-state index is 12.4. The Hall–Kier alpha value is -1.75. The molecule has 102 valence electrons. The molecule has 1 saturated heterocycles. The predicted octanol–water partition coefficient (Wildman–Crippen LogP) is 0.647. The predicted molar refractivity (Wildman–Crippen MR) is 70.4 cm³/mol. The maximum Gasteiger partial charge on any atom is 0.267 e. The normalized spacial score (nSPS) is 25.1. The molecule has 19 heavy (non-hydrogen) atoms. The van der Waals surface area contributed by atoms with E-state index >= 15 is 0 Å². The zero-order chi connectivity index (χ0) is 13.2. The molecule has 2 atom stereocenters. The monoisotopic (exact) mass is 262 g/mol. The Morgan fingerprint density at radius 2 is 2.16 bits per heavy atom. The van der Waals surface area contributed by atoms with E-state index in [9.17, 15) is 4.79 Å². The van der Waals surface area contributed by atoms with Gasteiger partial charge in [-0.25, -0.2) is 0 Å². The zero-order valence-corrected chi connectivity index (χ0v) is 11.0. The van der Waals surface area contributed by atoms with Crippen molar-refractivity contribution in [1.82, 2.24) is 10.2 Å². The summed E-state index contributed by atoms with van der Waals surface area (Å²) >= 11 is 0. The molecule has 0 aromatic heterocycles. The van der Waals surface area contributed by atoms with Crippen molar-refractivity contribution in [3.8, 4) is 11.5 Å². The molecule has 1 aromatic carbocycles. The Labute approximate surface area is 112 Å². The van der Waals surface area contributed by atoms with Crippen LogP contribution < -0.4 is 14.8 Å². The number of para-hydroxylation sites is 2. The number of rotatable bonds is 2. The highest BCUT2D eigenvalue weighted by Gasteiger charge is 2.33. The quantitative estimate of drug-likeness (QED) is 0.850. The summed E-state index contributed by atoms with van der Waals surface area (Å²) in [7, 11) is 1.84. The highest BCUT2D eigenvalue weighted by Crippen LogP contribution is 2.31. The summed E-state index contributed by atoms with van der Waals surface area (Å²) in [6.07, 6.45) is 0.451. The second kappa shape index (κ2) is 5.09. The number of likely N-dealkylation sites (N-methyl/N-ethyl adjacent to an activating group) is 1. The number of fused-ring (bicyclic) bond motifs is 1. The van der Waals surface area contributed by atoms with Crippen LogP contribution in [0.2, 0.25) is 0 Å². The molecular formula is C14H18N2O3. The van der Waals surface area contributed by atoms with Crippen LogP contribution in [0.25, 0.3) is 0 Å². The standard InChI is InChI=1S/C14H18N2O3/c1-16(10-6-7-15-8-10)14(17)13-9-18-11-4-2-3-5-12(11)19-13/h2-5,10,13,15H,6-9H2,1H3/t10-,13-/m0/s1. The lowest BCUT2D eigenvalue weighted by Crippen LogP contribution is -2.49. The van der Waals surface area contributed by atoms with E-state index in [2.05, 4.69) is 5.32 Å². The van der Waals surface area contributed by atoms with Crippen molar-refractivity contribution in [2.75, 3.05) is 26.7 Å². The van der Waals surface area contributed by atoms with Crippen LogP contribution in [0, 0.1) is 0 Å². The highest BCUT2D eigenvalue weighted by atomic mass is 16.6. The Kier molecular flexibility index (Phi) is 3.29. The van der Waals surface area contributed by atoms with E-state index in [1.807, 2.05) is 31.3 Å². The first kappa shape index (κ1) is 12.3. The van der Waals surface area contributed by atoms with E-state index in [4.69, 9.17) is 9.47 Å². The first-order chi connectivity index (χ1) is 9.25. The van der Waals surface area contributed by atoms with E-state index in [0.29, 0.717) is 11.5 Å². The van der Waals surface area contributed by atoms with Gasteiger partial charge < -0.3 is 19.7 Å². The minimum Gasteiger partial charge on any atom is -0.485 e. The van der Waals surface area contributed by atoms with Gasteiger partial charge in [0.25, 0.3) is 5.91 Å². The number of ether oxygens (including phenoxy) is 2. The fraction of sp³-hybridized carbons (Fsp3) is 0.500. The average molecular weight is 262 g/mol. The molecule has 5 heteroatoms. The topological polar surface area (TPSA) is 50.8 Å². The third-order valence-corrected chi connectivity index (χ3v) is 3.71. The minimum absolute atomic E-state index is 0.0109. The van der Waals surface area contributed by atoms with Crippen molar-refractivity contribution in [1.29, 1.82) is 0 Å². The minimum atomic E-state index is -0.541. The van der Waals surface area contributed by atoms with Gasteiger partial charge in [-0.05, 0) is 25.1 Å². The van der Waals surface area contributed by atoms with Crippen LogP contribution in [0.15, 0.2) is 24.3 Å². The number of nitrogens with one attached hydrogen (secondary N) is 1. The van der Waals surface area contributed by atoms with Crippen molar-refractivity contribution in [3.63, 3.8) is 0 Å². The van der Waals surface area contributed by atoms with Crippen molar-refractivity contribution < 1.29 is 14.3 Å². The lowest BCUT2D eigenvalue weighted by molar-refractivity contribution is -0.141. The van der Waals surface area contributed by atoms with Crippen LogP contribution in [0.5, 0.6) is 11.5 Å². The van der Waals surface area contributed by atoms with Crippen LogP contribution in [0.4, 0.5) is 0 Å². The third kappa shape index (κ3) is 2.38. The molecule has 0 saturated carbocycles. The van der Waals surface area contributed by atoms with Gasteiger partial charge in [-0.3, -0.25) is 4.79 Å². The van der Waals surface area contributed by atoms with E-state index in [-0.39, 0.29) is 18.6 Å². The van der Waals surface area contributed by atoms with E-state index in [0.717, 1.165) is 19.5 Å². The molecule has 0 spiro atoms. The molecule has 0 unspecified atom stereocenters. The van der Waals surface area contributed by atoms with Crippen LogP contribution in [0.3, 0.4) is 0 Å². The molecule has 1 fully saturated rings. The van der Waals surface area contributed by atoms with Gasteiger partial charge in [-0.2, -0.15) is 0 Å². The molecule has 2 aliphatic rings. The SMILES string of the molecule is CN(C(=O)[C@@H]1COc2ccccc2O1)[C@H]1CCNC1. The van der Waals surface area contributed by atoms with Gasteiger partial charge in [0.1, 0.15) is 6.61 Å². The van der Waals surface area contributed by atoms with Gasteiger partial charge in [0.15, 0.2) is 11.5 Å². The summed E-state index contributed by atoms with van der Waals surface area (Å²) in [6, 6.07) is 7.70. The number of carbonyl (C=O) groups excluding carboxylic acids is 1. The third-order valence-electron chi connectivity index (χ3n) is 3.71. The molecule has 0 radical (unpaired) electrons. The second-order valence-electron chi connectivity index (χ2n) is 4.96. The largest absolute Gasteiger partial charge is 0.485 e. The summed E-state index contributed by atoms with van der Waals surface area (Å²) in [5.74, 6) is 1.34. The second-order valence-corrected chi connectivity index (χ2v) is 4.96. The number of amides is 1. The van der Waals surface area contributed by atoms with E-state index in [1.54, 1.807) is 4.90 Å². The number of hydrogen-bond acceptors (Lipinski definition) is 4. The molecule has 1 amide bonds. The Morgan fingerprint density at radius 3 is 2.89 bits per heavy atom. The Bertz CT molecular complexity index is 472. The summed E-state index contributed by atoms with van der Waals surface area (Å²) in [5.41, 5.74) is 0. The average Bonchev–Trinajstić information content (AvgIpc) is 2.99. The van der Waals surface area contributed by atoms with Crippen LogP contribution in [-0.2, 0) is 4.79 Å². The lowest BCUT2D eigenvalue weighted by Gasteiger charge is -2.31. The first-order valence-corrected chi connectivity index (χ1v) is 6.61. The van der Waals surface area contributed by atoms with Crippen molar-refractivity contribution in [3.05, 3.63) is 24.3 Å². The van der Waals surface area contributed by atoms with Crippen molar-refractivity contribution in [2.24, 2.45) is 0 Å². The molecule has 0 aliphatic carbocycles. The fourth-order valence-electron chi connectivity index (χ4n) is 2.52. The number of hydrogen-bond donors (Lipinski definition) is 1. The summed E-state index contributed by atoms with van der Waals surface area (Å²) in [4.78, 5) is 14.2. The molecule has 1 N–H and O–H groups in total. The van der Waals surface area contributed by atoms with Crippen molar-refractivity contribution in [2.45, 2.75) is 18.6 Å². The number of nitrogens with zero attached hydrogens (tertiary/aromatic N) is 1. The van der Waals surface area contributed by atoms with Gasteiger partial charge in [-0.15, -0.1) is 0 Å². The van der Waals surface area contributed by atoms with E-state index < -0.39 is 6.10 Å². The summed E-state index contributed by atoms with van der Waals surface area (Å²) in [5, 5.41) is 3.26. The molecule has 5 nitrogen and oxygen atoms in total. The van der Waals surface area contributed by atoms with Crippen LogP contribution in [0.1, 0.15) is 6.42 Å². The van der Waals surface area contributed by atoms with Gasteiger partial charge in [0, 0.05) is 19.6 Å². The fourth-order valence-corrected chi connectivity index (χ4v) is 2.52. The number of benzene rings is 1. The maximum atomic E-state index is 12.4. The van der Waals surface area contributed by atoms with Gasteiger partial charge in [0.05, 0.1) is 0 Å². The van der Waals surface area contributed by atoms with Gasteiger partial charge in [-0.1, -0.05) is 12.1 Å². The molecule has 2 heterocycles. The smallest absolute Gasteiger partial charge is 0.267 e. The summed E-state index contributed by atoms with van der Waals surface area (Å²) < 4.78 is 11.3. The van der Waals surface area contributed by atoms with Gasteiger partial charge in [0.2, 0.25) is 6.10 Å². The molecule has 2 aliphatic heterocycles. The first-order valence-electron chi connectivity index (χ1n) is 6.61. The molecular weight excluding hydrogens is 244 g/mol. The number of carbonyl (C=O) groups is 1. The van der Waals surface area contributed by atoms with Crippen LogP contribution >= 0.6 is 0 Å². The van der Waals surface area contributed by atoms with Gasteiger partial charge >= 0.3 is 0 Å². The molecule has 0 bridgehead atoms. The van der Waals surface area contributed by atoms with E-state index in [1.165, 1.54) is 0 Å². The highest BCUT2D eigenvalue weighted by molar-refractivity contribution is 5.82. The molecule has 1 aromatic rings. The summed E-state index contributed by atoms with van der Waals surface area (Å²) in [6.45, 7) is 2.10. The Morgan fingerprint density at radius 1 is 1.37 bits per heavy atom. The van der Waals surface area contributed by atoms with Crippen LogP contribution in [-0.4, -0.2) is 49.7 Å². The Balaban J connectivity index is 1.68. The van der Waals surface area contributed by atoms with Crippen molar-refractivity contribution >= 4 is 5.91 Å². The lowest BCUT2D eigenvalue weighted by atomic mass is 10.2. The molecule has 3 rings (SSSR count). The zero-order valence-electron chi connectivity index (χ0n) is 11.0.